The molecule has 3 heterocycles. The predicted molar refractivity (Wildman–Crippen MR) is 106 cm³/mol. The van der Waals surface area contributed by atoms with Gasteiger partial charge >= 0.3 is 0 Å². The molecule has 0 bridgehead atoms. The Morgan fingerprint density at radius 2 is 1.77 bits per heavy atom. The van der Waals surface area contributed by atoms with Crippen molar-refractivity contribution in [3.63, 3.8) is 0 Å². The molecule has 6 heteroatoms. The molecule has 1 aromatic carbocycles. The lowest BCUT2D eigenvalue weighted by molar-refractivity contribution is -0.0287. The predicted octanol–water partition coefficient (Wildman–Crippen LogP) is 1.25. The first-order valence-electron chi connectivity index (χ1n) is 9.89. The topological polar surface area (TPSA) is 43.3 Å². The second-order valence-electron chi connectivity index (χ2n) is 7.63. The number of hydrogen-bond acceptors (Lipinski definition) is 6. The van der Waals surface area contributed by atoms with E-state index >= 15 is 0 Å². The second kappa shape index (κ2) is 7.84. The van der Waals surface area contributed by atoms with Crippen LogP contribution >= 0.6 is 0 Å². The van der Waals surface area contributed by atoms with Gasteiger partial charge in [-0.2, -0.15) is 0 Å². The lowest BCUT2D eigenvalue weighted by atomic mass is 9.87. The van der Waals surface area contributed by atoms with Gasteiger partial charge in [0.2, 0.25) is 0 Å². The van der Waals surface area contributed by atoms with Crippen LogP contribution < -0.4 is 10.2 Å². The van der Waals surface area contributed by atoms with Crippen molar-refractivity contribution >= 4 is 11.6 Å². The molecule has 4 rings (SSSR count). The number of rotatable bonds is 4. The molecule has 6 nitrogen and oxygen atoms in total. The van der Waals surface area contributed by atoms with Crippen molar-refractivity contribution < 1.29 is 4.74 Å². The standard InChI is InChI=1S/C20H31N5O/c1-23-10-9-21-19(23)22-17-20(7-15-26-16-8-20)25-13-11-24(12-14-25)18-5-3-2-4-6-18/h2-6H,7-17H2,1H3,(H,21,22). The van der Waals surface area contributed by atoms with Crippen LogP contribution in [0.25, 0.3) is 0 Å². The molecule has 0 saturated carbocycles. The molecule has 2 saturated heterocycles. The summed E-state index contributed by atoms with van der Waals surface area (Å²) >= 11 is 0. The normalized spacial score (nSPS) is 23.8. The molecule has 0 spiro atoms. The maximum absolute atomic E-state index is 5.69. The van der Waals surface area contributed by atoms with Gasteiger partial charge in [-0.3, -0.25) is 9.89 Å². The molecule has 0 radical (unpaired) electrons. The highest BCUT2D eigenvalue weighted by Gasteiger charge is 2.40. The van der Waals surface area contributed by atoms with E-state index < -0.39 is 0 Å². The smallest absolute Gasteiger partial charge is 0.193 e. The van der Waals surface area contributed by atoms with Crippen molar-refractivity contribution in [2.75, 3.05) is 71.0 Å². The van der Waals surface area contributed by atoms with Crippen molar-refractivity contribution in [3.8, 4) is 0 Å². The van der Waals surface area contributed by atoms with Crippen LogP contribution in [-0.4, -0.2) is 87.4 Å². The quantitative estimate of drug-likeness (QED) is 0.879. The van der Waals surface area contributed by atoms with Crippen molar-refractivity contribution in [1.29, 1.82) is 0 Å². The van der Waals surface area contributed by atoms with E-state index in [9.17, 15) is 0 Å². The summed E-state index contributed by atoms with van der Waals surface area (Å²) in [5.74, 6) is 1.05. The number of benzene rings is 1. The van der Waals surface area contributed by atoms with Gasteiger partial charge in [0.05, 0.1) is 6.54 Å². The first kappa shape index (κ1) is 17.6. The van der Waals surface area contributed by atoms with Gasteiger partial charge in [-0.05, 0) is 25.0 Å². The zero-order valence-electron chi connectivity index (χ0n) is 15.9. The maximum Gasteiger partial charge on any atom is 0.193 e. The van der Waals surface area contributed by atoms with Crippen molar-refractivity contribution in [2.45, 2.75) is 18.4 Å². The maximum atomic E-state index is 5.69. The van der Waals surface area contributed by atoms with Crippen molar-refractivity contribution in [2.24, 2.45) is 4.99 Å². The number of nitrogens with one attached hydrogen (secondary N) is 1. The average Bonchev–Trinajstić information content (AvgIpc) is 3.13. The monoisotopic (exact) mass is 357 g/mol. The number of piperazine rings is 1. The molecule has 0 atom stereocenters. The van der Waals surface area contributed by atoms with E-state index in [0.29, 0.717) is 0 Å². The SMILES string of the molecule is CN1CCN=C1NCC1(N2CCN(c3ccccc3)CC2)CCOCC1. The third-order valence-electron chi connectivity index (χ3n) is 6.13. The number of anilines is 1. The van der Waals surface area contributed by atoms with Gasteiger partial charge in [-0.1, -0.05) is 18.2 Å². The summed E-state index contributed by atoms with van der Waals surface area (Å²) in [5, 5.41) is 3.65. The Hall–Kier alpha value is -1.79. The zero-order valence-corrected chi connectivity index (χ0v) is 15.9. The van der Waals surface area contributed by atoms with Crippen LogP contribution in [0, 0.1) is 0 Å². The molecular weight excluding hydrogens is 326 g/mol. The zero-order chi connectivity index (χ0) is 17.8. The lowest BCUT2D eigenvalue weighted by Gasteiger charge is -2.50. The molecule has 0 aromatic heterocycles. The third kappa shape index (κ3) is 3.67. The Morgan fingerprint density at radius 3 is 2.42 bits per heavy atom. The molecular formula is C20H31N5O. The van der Waals surface area contributed by atoms with Crippen LogP contribution in [0.15, 0.2) is 35.3 Å². The number of likely N-dealkylation sites (N-methyl/N-ethyl adjacent to an activating group) is 1. The molecule has 26 heavy (non-hydrogen) atoms. The highest BCUT2D eigenvalue weighted by molar-refractivity contribution is 5.81. The fraction of sp³-hybridized carbons (Fsp3) is 0.650. The second-order valence-corrected chi connectivity index (χ2v) is 7.63. The number of guanidine groups is 1. The number of ether oxygens (including phenoxy) is 1. The summed E-state index contributed by atoms with van der Waals surface area (Å²) < 4.78 is 5.69. The number of para-hydroxylation sites is 1. The Labute approximate surface area is 156 Å². The minimum atomic E-state index is 0.187. The van der Waals surface area contributed by atoms with Crippen LogP contribution in [0.2, 0.25) is 0 Å². The minimum absolute atomic E-state index is 0.187. The van der Waals surface area contributed by atoms with Crippen LogP contribution in [0.4, 0.5) is 5.69 Å². The van der Waals surface area contributed by atoms with E-state index in [-0.39, 0.29) is 5.54 Å². The first-order chi connectivity index (χ1) is 12.8. The van der Waals surface area contributed by atoms with E-state index in [1.54, 1.807) is 0 Å². The van der Waals surface area contributed by atoms with E-state index in [0.717, 1.165) is 77.8 Å². The average molecular weight is 358 g/mol. The summed E-state index contributed by atoms with van der Waals surface area (Å²) in [6.07, 6.45) is 2.20. The van der Waals surface area contributed by atoms with Crippen molar-refractivity contribution in [1.82, 2.24) is 15.1 Å². The van der Waals surface area contributed by atoms with Crippen molar-refractivity contribution in [3.05, 3.63) is 30.3 Å². The number of nitrogens with zero attached hydrogens (tertiary/aromatic N) is 4. The highest BCUT2D eigenvalue weighted by Crippen LogP contribution is 2.29. The van der Waals surface area contributed by atoms with Gasteiger partial charge in [-0.15, -0.1) is 0 Å². The summed E-state index contributed by atoms with van der Waals surface area (Å²) in [5.41, 5.74) is 1.53. The molecule has 0 aliphatic carbocycles. The Bertz CT molecular complexity index is 606. The number of hydrogen-bond donors (Lipinski definition) is 1. The molecule has 142 valence electrons. The molecule has 3 aliphatic heterocycles. The van der Waals surface area contributed by atoms with E-state index in [4.69, 9.17) is 4.74 Å². The molecule has 3 aliphatic rings. The molecule has 1 N–H and O–H groups in total. The Balaban J connectivity index is 1.40. The fourth-order valence-electron chi connectivity index (χ4n) is 4.40. The minimum Gasteiger partial charge on any atom is -0.381 e. The van der Waals surface area contributed by atoms with E-state index in [2.05, 4.69) is 62.4 Å². The lowest BCUT2D eigenvalue weighted by Crippen LogP contribution is -2.63. The van der Waals surface area contributed by atoms with Gasteiger partial charge in [0.15, 0.2) is 5.96 Å². The van der Waals surface area contributed by atoms with Crippen LogP contribution in [0.3, 0.4) is 0 Å². The van der Waals surface area contributed by atoms with E-state index in [1.807, 2.05) is 0 Å². The Morgan fingerprint density at radius 1 is 1.04 bits per heavy atom. The molecule has 2 fully saturated rings. The Kier molecular flexibility index (Phi) is 5.31. The van der Waals surface area contributed by atoms with Crippen LogP contribution in [0.5, 0.6) is 0 Å². The molecule has 0 amide bonds. The number of aliphatic imine (C=N–C) groups is 1. The first-order valence-corrected chi connectivity index (χ1v) is 9.89. The van der Waals surface area contributed by atoms with Gasteiger partial charge < -0.3 is 19.9 Å². The summed E-state index contributed by atoms with van der Waals surface area (Å²) in [6.45, 7) is 9.02. The molecule has 1 aromatic rings. The molecule has 0 unspecified atom stereocenters. The van der Waals surface area contributed by atoms with Crippen LogP contribution in [-0.2, 0) is 4.74 Å². The van der Waals surface area contributed by atoms with Gasteiger partial charge in [-0.25, -0.2) is 0 Å². The van der Waals surface area contributed by atoms with Gasteiger partial charge in [0, 0.05) is 70.8 Å². The largest absolute Gasteiger partial charge is 0.381 e. The van der Waals surface area contributed by atoms with Gasteiger partial charge in [0.1, 0.15) is 0 Å². The highest BCUT2D eigenvalue weighted by atomic mass is 16.5. The van der Waals surface area contributed by atoms with Gasteiger partial charge in [0.25, 0.3) is 0 Å². The van der Waals surface area contributed by atoms with E-state index in [1.165, 1.54) is 5.69 Å². The van der Waals surface area contributed by atoms with Crippen LogP contribution in [0.1, 0.15) is 12.8 Å². The fourth-order valence-corrected chi connectivity index (χ4v) is 4.40. The summed E-state index contributed by atoms with van der Waals surface area (Å²) in [7, 11) is 2.12. The third-order valence-corrected chi connectivity index (χ3v) is 6.13. The summed E-state index contributed by atoms with van der Waals surface area (Å²) in [6, 6.07) is 10.8. The summed E-state index contributed by atoms with van der Waals surface area (Å²) in [4.78, 5) is 12.0.